The van der Waals surface area contributed by atoms with E-state index in [-0.39, 0.29) is 5.91 Å². The molecule has 0 unspecified atom stereocenters. The van der Waals surface area contributed by atoms with Gasteiger partial charge in [-0.3, -0.25) is 14.6 Å². The summed E-state index contributed by atoms with van der Waals surface area (Å²) >= 11 is 6.45. The highest BCUT2D eigenvalue weighted by Gasteiger charge is 2.24. The Balaban J connectivity index is 1.34. The number of nitrogens with zero attached hydrogens (tertiary/aromatic N) is 2. The average Bonchev–Trinajstić information content (AvgIpc) is 3.30. The van der Waals surface area contributed by atoms with E-state index in [1.165, 1.54) is 32.1 Å². The van der Waals surface area contributed by atoms with Crippen LogP contribution in [0.15, 0.2) is 40.8 Å². The third-order valence-corrected chi connectivity index (χ3v) is 6.85. The number of amides is 1. The maximum Gasteiger partial charge on any atom is 0.287 e. The highest BCUT2D eigenvalue weighted by molar-refractivity contribution is 6.31. The minimum absolute atomic E-state index is 0.153. The summed E-state index contributed by atoms with van der Waals surface area (Å²) in [5.41, 5.74) is 1.13. The smallest absolute Gasteiger partial charge is 0.287 e. The first-order chi connectivity index (χ1) is 15.7. The van der Waals surface area contributed by atoms with Gasteiger partial charge in [-0.25, -0.2) is 0 Å². The molecule has 2 heterocycles. The molecule has 2 aromatic rings. The second kappa shape index (κ2) is 11.8. The van der Waals surface area contributed by atoms with Crippen LogP contribution in [-0.2, 0) is 17.8 Å². The highest BCUT2D eigenvalue weighted by Crippen LogP contribution is 2.27. The molecule has 1 saturated heterocycles. The molecule has 2 fully saturated rings. The summed E-state index contributed by atoms with van der Waals surface area (Å²) in [6.07, 6.45) is 6.23. The van der Waals surface area contributed by atoms with Crippen LogP contribution in [0, 0.1) is 0 Å². The van der Waals surface area contributed by atoms with Gasteiger partial charge in [0.1, 0.15) is 5.76 Å². The summed E-state index contributed by atoms with van der Waals surface area (Å²) in [5, 5.41) is 3.78. The maximum absolute atomic E-state index is 12.5. The van der Waals surface area contributed by atoms with Gasteiger partial charge in [-0.2, -0.15) is 0 Å². The monoisotopic (exact) mass is 459 g/mol. The van der Waals surface area contributed by atoms with Gasteiger partial charge in [0.15, 0.2) is 5.76 Å². The van der Waals surface area contributed by atoms with Gasteiger partial charge in [0.2, 0.25) is 0 Å². The quantitative estimate of drug-likeness (QED) is 0.604. The molecule has 1 amide bonds. The van der Waals surface area contributed by atoms with Gasteiger partial charge in [-0.15, -0.1) is 0 Å². The SMILES string of the molecule is O=C(NCCN1CCOCC1)c1ccc(CN(Cc2ccccc2Cl)C2CCCCC2)o1. The number of morpholine rings is 1. The molecule has 7 heteroatoms. The van der Waals surface area contributed by atoms with Crippen LogP contribution in [0.5, 0.6) is 0 Å². The summed E-state index contributed by atoms with van der Waals surface area (Å²) in [7, 11) is 0. The van der Waals surface area contributed by atoms with Gasteiger partial charge in [-0.05, 0) is 36.6 Å². The Kier molecular flexibility index (Phi) is 8.62. The van der Waals surface area contributed by atoms with Gasteiger partial charge in [0.05, 0.1) is 19.8 Å². The maximum atomic E-state index is 12.5. The Labute approximate surface area is 195 Å². The fourth-order valence-electron chi connectivity index (χ4n) is 4.63. The van der Waals surface area contributed by atoms with Crippen molar-refractivity contribution in [3.63, 3.8) is 0 Å². The minimum Gasteiger partial charge on any atom is -0.455 e. The van der Waals surface area contributed by atoms with Gasteiger partial charge in [0, 0.05) is 43.8 Å². The van der Waals surface area contributed by atoms with E-state index in [1.807, 2.05) is 24.3 Å². The minimum atomic E-state index is -0.153. The van der Waals surface area contributed by atoms with E-state index in [2.05, 4.69) is 21.2 Å². The van der Waals surface area contributed by atoms with Crippen LogP contribution in [-0.4, -0.2) is 61.1 Å². The van der Waals surface area contributed by atoms with Crippen molar-refractivity contribution in [2.24, 2.45) is 0 Å². The first kappa shape index (κ1) is 23.3. The molecular formula is C25H34ClN3O3. The standard InChI is InChI=1S/C25H34ClN3O3/c26-23-9-5-4-6-20(23)18-29(21-7-2-1-3-8-21)19-22-10-11-24(32-22)25(30)27-12-13-28-14-16-31-17-15-28/h4-6,9-11,21H,1-3,7-8,12-19H2,(H,27,30). The Morgan fingerprint density at radius 3 is 2.62 bits per heavy atom. The van der Waals surface area contributed by atoms with E-state index in [4.69, 9.17) is 20.8 Å². The zero-order chi connectivity index (χ0) is 22.2. The van der Waals surface area contributed by atoms with Crippen LogP contribution in [0.2, 0.25) is 5.02 Å². The number of furan rings is 1. The second-order valence-corrected chi connectivity index (χ2v) is 9.17. The molecule has 0 atom stereocenters. The second-order valence-electron chi connectivity index (χ2n) is 8.76. The summed E-state index contributed by atoms with van der Waals surface area (Å²) in [6, 6.07) is 12.3. The van der Waals surface area contributed by atoms with Crippen LogP contribution >= 0.6 is 11.6 Å². The van der Waals surface area contributed by atoms with Crippen LogP contribution in [0.3, 0.4) is 0 Å². The van der Waals surface area contributed by atoms with Gasteiger partial charge in [-0.1, -0.05) is 49.1 Å². The molecule has 0 bridgehead atoms. The lowest BCUT2D eigenvalue weighted by Gasteiger charge is -2.34. The van der Waals surface area contributed by atoms with Crippen molar-refractivity contribution < 1.29 is 13.9 Å². The lowest BCUT2D eigenvalue weighted by Crippen LogP contribution is -2.41. The summed E-state index contributed by atoms with van der Waals surface area (Å²) < 4.78 is 11.3. The molecule has 6 nitrogen and oxygen atoms in total. The van der Waals surface area contributed by atoms with E-state index in [0.29, 0.717) is 24.9 Å². The van der Waals surface area contributed by atoms with Crippen LogP contribution in [0.25, 0.3) is 0 Å². The van der Waals surface area contributed by atoms with E-state index < -0.39 is 0 Å². The van der Waals surface area contributed by atoms with Crippen molar-refractivity contribution in [3.8, 4) is 0 Å². The molecular weight excluding hydrogens is 426 g/mol. The first-order valence-electron chi connectivity index (χ1n) is 11.8. The van der Waals surface area contributed by atoms with Crippen molar-refractivity contribution in [2.75, 3.05) is 39.4 Å². The molecule has 2 aliphatic rings. The Morgan fingerprint density at radius 1 is 1.06 bits per heavy atom. The number of ether oxygens (including phenoxy) is 1. The van der Waals surface area contributed by atoms with Crippen LogP contribution < -0.4 is 5.32 Å². The van der Waals surface area contributed by atoms with E-state index in [0.717, 1.165) is 55.7 Å². The molecule has 1 aliphatic heterocycles. The van der Waals surface area contributed by atoms with Gasteiger partial charge >= 0.3 is 0 Å². The molecule has 1 aromatic carbocycles. The Morgan fingerprint density at radius 2 is 1.84 bits per heavy atom. The predicted octanol–water partition coefficient (Wildman–Crippen LogP) is 4.33. The van der Waals surface area contributed by atoms with Crippen molar-refractivity contribution in [3.05, 3.63) is 58.5 Å². The number of halogens is 1. The average molecular weight is 460 g/mol. The Hall–Kier alpha value is -1.86. The summed E-state index contributed by atoms with van der Waals surface area (Å²) in [4.78, 5) is 17.3. The molecule has 1 saturated carbocycles. The normalized spacial score (nSPS) is 18.2. The van der Waals surface area contributed by atoms with Gasteiger partial charge < -0.3 is 14.5 Å². The van der Waals surface area contributed by atoms with Crippen molar-refractivity contribution in [1.29, 1.82) is 0 Å². The van der Waals surface area contributed by atoms with E-state index >= 15 is 0 Å². The van der Waals surface area contributed by atoms with Gasteiger partial charge in [0.25, 0.3) is 5.91 Å². The Bertz CT molecular complexity index is 860. The third kappa shape index (κ3) is 6.58. The third-order valence-electron chi connectivity index (χ3n) is 6.48. The zero-order valence-electron chi connectivity index (χ0n) is 18.7. The molecule has 0 spiro atoms. The van der Waals surface area contributed by atoms with E-state index in [1.54, 1.807) is 6.07 Å². The molecule has 32 heavy (non-hydrogen) atoms. The first-order valence-corrected chi connectivity index (χ1v) is 12.2. The number of hydrogen-bond acceptors (Lipinski definition) is 5. The molecule has 174 valence electrons. The van der Waals surface area contributed by atoms with E-state index in [9.17, 15) is 4.79 Å². The zero-order valence-corrected chi connectivity index (χ0v) is 19.5. The molecule has 1 N–H and O–H groups in total. The molecule has 1 aromatic heterocycles. The van der Waals surface area contributed by atoms with Crippen molar-refractivity contribution in [1.82, 2.24) is 15.1 Å². The van der Waals surface area contributed by atoms with Crippen LogP contribution in [0.1, 0.15) is 54.0 Å². The van der Waals surface area contributed by atoms with Crippen molar-refractivity contribution in [2.45, 2.75) is 51.2 Å². The highest BCUT2D eigenvalue weighted by atomic mass is 35.5. The lowest BCUT2D eigenvalue weighted by atomic mass is 9.93. The number of carbonyl (C=O) groups is 1. The number of nitrogens with one attached hydrogen (secondary N) is 1. The lowest BCUT2D eigenvalue weighted by molar-refractivity contribution is 0.0382. The number of rotatable bonds is 9. The fourth-order valence-corrected chi connectivity index (χ4v) is 4.83. The molecule has 4 rings (SSSR count). The number of hydrogen-bond donors (Lipinski definition) is 1. The topological polar surface area (TPSA) is 58.0 Å². The largest absolute Gasteiger partial charge is 0.455 e. The number of carbonyl (C=O) groups excluding carboxylic acids is 1. The predicted molar refractivity (Wildman–Crippen MR) is 126 cm³/mol. The number of benzene rings is 1. The molecule has 0 radical (unpaired) electrons. The van der Waals surface area contributed by atoms with Crippen molar-refractivity contribution >= 4 is 17.5 Å². The summed E-state index contributed by atoms with van der Waals surface area (Å²) in [6.45, 7) is 6.27. The van der Waals surface area contributed by atoms with Crippen LogP contribution in [0.4, 0.5) is 0 Å². The summed E-state index contributed by atoms with van der Waals surface area (Å²) in [5.74, 6) is 1.05. The molecule has 1 aliphatic carbocycles. The fraction of sp³-hybridized carbons (Fsp3) is 0.560.